The van der Waals surface area contributed by atoms with E-state index in [9.17, 15) is 13.2 Å². The molecule has 1 aromatic heterocycles. The largest absolute Gasteiger partial charge is 0.416 e. The zero-order chi connectivity index (χ0) is 21.9. The number of hydrogen-bond donors (Lipinski definition) is 0. The minimum atomic E-state index is -4.35. The number of alkyl halides is 3. The number of methoxy groups -OCH3 is 1. The molecule has 0 saturated heterocycles. The van der Waals surface area contributed by atoms with E-state index in [1.165, 1.54) is 23.7 Å². The predicted octanol–water partition coefficient (Wildman–Crippen LogP) is 5.69. The lowest BCUT2D eigenvalue weighted by atomic mass is 10.0. The Morgan fingerprint density at radius 3 is 2.43 bits per heavy atom. The van der Waals surface area contributed by atoms with E-state index < -0.39 is 11.7 Å². The smallest absolute Gasteiger partial charge is 0.383 e. The van der Waals surface area contributed by atoms with Crippen LogP contribution in [0.5, 0.6) is 0 Å². The number of likely N-dealkylation sites (N-methyl/N-ethyl adjacent to an activating group) is 1. The second-order valence-electron chi connectivity index (χ2n) is 7.54. The first-order valence-electron chi connectivity index (χ1n) is 9.42. The van der Waals surface area contributed by atoms with Crippen molar-refractivity contribution < 1.29 is 17.9 Å². The lowest BCUT2D eigenvalue weighted by Crippen LogP contribution is -2.41. The Kier molecular flexibility index (Phi) is 6.51. The van der Waals surface area contributed by atoms with Crippen LogP contribution in [-0.4, -0.2) is 42.1 Å². The third-order valence-corrected chi connectivity index (χ3v) is 5.86. The van der Waals surface area contributed by atoms with Crippen LogP contribution in [0.25, 0.3) is 21.3 Å². The third kappa shape index (κ3) is 5.01. The molecule has 0 atom stereocenters. The Bertz CT molecular complexity index is 1080. The second-order valence-corrected chi connectivity index (χ2v) is 8.35. The fourth-order valence-electron chi connectivity index (χ4n) is 2.87. The molecule has 0 aliphatic rings. The summed E-state index contributed by atoms with van der Waals surface area (Å²) in [4.78, 5) is 2.14. The Labute approximate surface area is 178 Å². The van der Waals surface area contributed by atoms with Crippen LogP contribution in [-0.2, 0) is 10.9 Å². The molecule has 3 aromatic rings. The number of aromatic nitrogens is 1. The number of ether oxygens (including phenoxy) is 1. The maximum absolute atomic E-state index is 12.8. The summed E-state index contributed by atoms with van der Waals surface area (Å²) in [6.07, 6.45) is -4.35. The fraction of sp³-hybridized carbons (Fsp3) is 0.348. The van der Waals surface area contributed by atoms with Crippen LogP contribution in [0.3, 0.4) is 0 Å². The molecule has 2 aromatic carbocycles. The number of hydrogen-bond acceptors (Lipinski definition) is 4. The van der Waals surface area contributed by atoms with Gasteiger partial charge in [0.1, 0.15) is 0 Å². The molecule has 0 amide bonds. The molecular weight excluding hydrogens is 409 g/mol. The van der Waals surface area contributed by atoms with Crippen molar-refractivity contribution in [2.45, 2.75) is 25.6 Å². The molecule has 3 rings (SSSR count). The van der Waals surface area contributed by atoms with Gasteiger partial charge < -0.3 is 4.74 Å². The van der Waals surface area contributed by atoms with E-state index in [2.05, 4.69) is 35.0 Å². The monoisotopic (exact) mass is 432 g/mol. The van der Waals surface area contributed by atoms with Gasteiger partial charge in [-0.25, -0.2) is 0 Å². The Morgan fingerprint density at radius 2 is 1.80 bits per heavy atom. The van der Waals surface area contributed by atoms with Gasteiger partial charge >= 0.3 is 6.18 Å². The lowest BCUT2D eigenvalue weighted by Gasteiger charge is -2.30. The van der Waals surface area contributed by atoms with Crippen molar-refractivity contribution in [2.24, 2.45) is 0 Å². The zero-order valence-corrected chi connectivity index (χ0v) is 18.1. The number of benzene rings is 2. The van der Waals surface area contributed by atoms with Crippen LogP contribution in [0.1, 0.15) is 25.0 Å². The molecule has 7 heteroatoms. The summed E-state index contributed by atoms with van der Waals surface area (Å²) < 4.78 is 48.9. The van der Waals surface area contributed by atoms with Gasteiger partial charge in [-0.15, -0.1) is 0 Å². The van der Waals surface area contributed by atoms with E-state index in [4.69, 9.17) is 4.74 Å². The molecule has 0 aliphatic heterocycles. The SMILES string of the molecule is COCCN(C)C(C)(C)C#Cc1ccc2c(-c3ccc(C(F)(F)F)cc3)nsc2c1. The summed E-state index contributed by atoms with van der Waals surface area (Å²) in [7, 11) is 3.69. The van der Waals surface area contributed by atoms with Crippen molar-refractivity contribution in [1.29, 1.82) is 0 Å². The van der Waals surface area contributed by atoms with Crippen molar-refractivity contribution >= 4 is 21.6 Å². The molecule has 0 fully saturated rings. The maximum atomic E-state index is 12.8. The minimum absolute atomic E-state index is 0.313. The van der Waals surface area contributed by atoms with Gasteiger partial charge in [0.15, 0.2) is 0 Å². The van der Waals surface area contributed by atoms with E-state index >= 15 is 0 Å². The van der Waals surface area contributed by atoms with Crippen molar-refractivity contribution in [3.8, 4) is 23.1 Å². The van der Waals surface area contributed by atoms with Gasteiger partial charge in [0.05, 0.1) is 28.1 Å². The van der Waals surface area contributed by atoms with Gasteiger partial charge in [-0.2, -0.15) is 17.5 Å². The van der Waals surface area contributed by atoms with E-state index in [1.807, 2.05) is 25.2 Å². The number of halogens is 3. The van der Waals surface area contributed by atoms with Crippen molar-refractivity contribution in [3.05, 3.63) is 53.6 Å². The van der Waals surface area contributed by atoms with Gasteiger partial charge in [0.2, 0.25) is 0 Å². The zero-order valence-electron chi connectivity index (χ0n) is 17.3. The second kappa shape index (κ2) is 8.76. The molecule has 0 N–H and O–H groups in total. The van der Waals surface area contributed by atoms with Crippen LogP contribution < -0.4 is 0 Å². The van der Waals surface area contributed by atoms with E-state index in [0.717, 1.165) is 34.3 Å². The molecule has 1 heterocycles. The molecule has 0 unspecified atom stereocenters. The van der Waals surface area contributed by atoms with Gasteiger partial charge in [0.25, 0.3) is 0 Å². The van der Waals surface area contributed by atoms with Crippen LogP contribution in [0.15, 0.2) is 42.5 Å². The molecule has 0 spiro atoms. The Balaban J connectivity index is 1.85. The summed E-state index contributed by atoms with van der Waals surface area (Å²) in [5.41, 5.74) is 1.24. The quantitative estimate of drug-likeness (QED) is 0.484. The minimum Gasteiger partial charge on any atom is -0.383 e. The molecule has 30 heavy (non-hydrogen) atoms. The van der Waals surface area contributed by atoms with Gasteiger partial charge in [-0.1, -0.05) is 30.0 Å². The molecule has 0 aliphatic carbocycles. The summed E-state index contributed by atoms with van der Waals surface area (Å²) in [5.74, 6) is 6.53. The molecule has 3 nitrogen and oxygen atoms in total. The standard InChI is InChI=1S/C23H23F3N2OS/c1-22(2,28(3)13-14-29-4)12-11-16-5-10-19-20(15-16)30-27-21(19)17-6-8-18(9-7-17)23(24,25)26/h5-10,15H,13-14H2,1-4H3. The number of fused-ring (bicyclic) bond motifs is 1. The molecule has 158 valence electrons. The predicted molar refractivity (Wildman–Crippen MR) is 116 cm³/mol. The fourth-order valence-corrected chi connectivity index (χ4v) is 3.70. The summed E-state index contributed by atoms with van der Waals surface area (Å²) in [5, 5.41) is 0.904. The first kappa shape index (κ1) is 22.3. The average Bonchev–Trinajstić information content (AvgIpc) is 3.13. The van der Waals surface area contributed by atoms with Crippen molar-refractivity contribution in [3.63, 3.8) is 0 Å². The first-order chi connectivity index (χ1) is 14.1. The molecular formula is C23H23F3N2OS. The summed E-state index contributed by atoms with van der Waals surface area (Å²) >= 11 is 1.32. The maximum Gasteiger partial charge on any atom is 0.416 e. The number of nitrogens with zero attached hydrogens (tertiary/aromatic N) is 2. The van der Waals surface area contributed by atoms with E-state index in [0.29, 0.717) is 17.9 Å². The van der Waals surface area contributed by atoms with Gasteiger partial charge in [-0.05, 0) is 56.7 Å². The highest BCUT2D eigenvalue weighted by molar-refractivity contribution is 7.13. The van der Waals surface area contributed by atoms with Crippen LogP contribution in [0.4, 0.5) is 13.2 Å². The van der Waals surface area contributed by atoms with Crippen LogP contribution >= 0.6 is 11.5 Å². The number of rotatable bonds is 5. The first-order valence-corrected chi connectivity index (χ1v) is 10.2. The lowest BCUT2D eigenvalue weighted by molar-refractivity contribution is -0.137. The van der Waals surface area contributed by atoms with Crippen LogP contribution in [0.2, 0.25) is 0 Å². The highest BCUT2D eigenvalue weighted by Gasteiger charge is 2.30. The molecule has 0 radical (unpaired) electrons. The van der Waals surface area contributed by atoms with Crippen LogP contribution in [0, 0.1) is 11.8 Å². The van der Waals surface area contributed by atoms with Gasteiger partial charge in [-0.3, -0.25) is 4.90 Å². The Hall–Kier alpha value is -2.40. The normalized spacial score (nSPS) is 12.3. The molecule has 0 saturated carbocycles. The van der Waals surface area contributed by atoms with Crippen molar-refractivity contribution in [1.82, 2.24) is 9.27 Å². The summed E-state index contributed by atoms with van der Waals surface area (Å²) in [6.45, 7) is 5.54. The van der Waals surface area contributed by atoms with Crippen molar-refractivity contribution in [2.75, 3.05) is 27.3 Å². The highest BCUT2D eigenvalue weighted by atomic mass is 32.1. The topological polar surface area (TPSA) is 25.4 Å². The van der Waals surface area contributed by atoms with E-state index in [-0.39, 0.29) is 5.54 Å². The Morgan fingerprint density at radius 1 is 1.10 bits per heavy atom. The average molecular weight is 433 g/mol. The highest BCUT2D eigenvalue weighted by Crippen LogP contribution is 2.34. The third-order valence-electron chi connectivity index (χ3n) is 5.06. The molecule has 0 bridgehead atoms. The summed E-state index contributed by atoms with van der Waals surface area (Å²) in [6, 6.07) is 10.9. The van der Waals surface area contributed by atoms with Gasteiger partial charge in [0, 0.05) is 30.2 Å². The van der Waals surface area contributed by atoms with E-state index in [1.54, 1.807) is 7.11 Å².